The molecule has 4 aromatic rings. The Morgan fingerprint density at radius 3 is 2.40 bits per heavy atom. The Morgan fingerprint density at radius 2 is 1.74 bits per heavy atom. The lowest BCUT2D eigenvalue weighted by Gasteiger charge is -2.09. The van der Waals surface area contributed by atoms with Gasteiger partial charge in [0.25, 0.3) is 11.8 Å². The Labute approximate surface area is 202 Å². The molecule has 0 aliphatic heterocycles. The molecule has 0 atom stereocenters. The number of carbonyl (C=O) groups is 2. The molecule has 2 aromatic heterocycles. The summed E-state index contributed by atoms with van der Waals surface area (Å²) in [4.78, 5) is 25.5. The minimum atomic E-state index is -0.407. The SMILES string of the molecule is CCn1cc(NC(=O)c2ccc(COc3ccc(OC)cc3)cc2)c(C(=O)NCc2ccco2)n1. The maximum Gasteiger partial charge on any atom is 0.274 e. The lowest BCUT2D eigenvalue weighted by atomic mass is 10.1. The molecule has 9 heteroatoms. The summed E-state index contributed by atoms with van der Waals surface area (Å²) in [5.41, 5.74) is 1.83. The number of anilines is 1. The van der Waals surface area contributed by atoms with Crippen LogP contribution < -0.4 is 20.1 Å². The summed E-state index contributed by atoms with van der Waals surface area (Å²) in [5.74, 6) is 1.35. The Balaban J connectivity index is 1.37. The van der Waals surface area contributed by atoms with Gasteiger partial charge in [-0.05, 0) is 61.0 Å². The van der Waals surface area contributed by atoms with Gasteiger partial charge < -0.3 is 24.5 Å². The van der Waals surface area contributed by atoms with E-state index < -0.39 is 5.91 Å². The summed E-state index contributed by atoms with van der Waals surface area (Å²) in [6, 6.07) is 17.9. The standard InChI is InChI=1S/C26H26N4O5/c1-3-30-16-23(24(29-30)26(32)27-15-22-5-4-14-34-22)28-25(31)19-8-6-18(7-9-19)17-35-21-12-10-20(33-2)11-13-21/h4-14,16H,3,15,17H2,1-2H3,(H,27,32)(H,28,31). The van der Waals surface area contributed by atoms with E-state index in [-0.39, 0.29) is 18.1 Å². The number of aryl methyl sites for hydroxylation is 1. The highest BCUT2D eigenvalue weighted by Gasteiger charge is 2.19. The van der Waals surface area contributed by atoms with Crippen molar-refractivity contribution >= 4 is 17.5 Å². The zero-order chi connectivity index (χ0) is 24.6. The number of furan rings is 1. The Hall–Kier alpha value is -4.53. The second-order valence-corrected chi connectivity index (χ2v) is 7.62. The van der Waals surface area contributed by atoms with E-state index in [0.717, 1.165) is 17.1 Å². The Bertz CT molecular complexity index is 1260. The summed E-state index contributed by atoms with van der Waals surface area (Å²) >= 11 is 0. The second kappa shape index (κ2) is 11.1. The number of amides is 2. The van der Waals surface area contributed by atoms with Crippen molar-refractivity contribution < 1.29 is 23.5 Å². The van der Waals surface area contributed by atoms with Crippen molar-refractivity contribution in [1.82, 2.24) is 15.1 Å². The molecular weight excluding hydrogens is 448 g/mol. The van der Waals surface area contributed by atoms with Gasteiger partial charge in [-0.3, -0.25) is 14.3 Å². The van der Waals surface area contributed by atoms with Crippen LogP contribution in [0.25, 0.3) is 0 Å². The van der Waals surface area contributed by atoms with Gasteiger partial charge in [0.1, 0.15) is 23.9 Å². The van der Waals surface area contributed by atoms with E-state index in [1.165, 1.54) is 6.26 Å². The van der Waals surface area contributed by atoms with Crippen LogP contribution in [0.5, 0.6) is 11.5 Å². The number of benzene rings is 2. The van der Waals surface area contributed by atoms with Gasteiger partial charge >= 0.3 is 0 Å². The van der Waals surface area contributed by atoms with Crippen LogP contribution in [0.3, 0.4) is 0 Å². The minimum Gasteiger partial charge on any atom is -0.497 e. The molecule has 0 unspecified atom stereocenters. The number of nitrogens with zero attached hydrogens (tertiary/aromatic N) is 2. The van der Waals surface area contributed by atoms with E-state index in [1.807, 2.05) is 43.3 Å². The molecule has 0 spiro atoms. The van der Waals surface area contributed by atoms with E-state index in [4.69, 9.17) is 13.9 Å². The highest BCUT2D eigenvalue weighted by atomic mass is 16.5. The first-order valence-electron chi connectivity index (χ1n) is 11.1. The molecule has 0 aliphatic rings. The van der Waals surface area contributed by atoms with Crippen molar-refractivity contribution in [2.75, 3.05) is 12.4 Å². The molecule has 0 saturated heterocycles. The monoisotopic (exact) mass is 474 g/mol. The molecule has 2 heterocycles. The molecule has 0 saturated carbocycles. The molecule has 180 valence electrons. The van der Waals surface area contributed by atoms with Gasteiger partial charge in [0.15, 0.2) is 5.69 Å². The fraction of sp³-hybridized carbons (Fsp3) is 0.192. The van der Waals surface area contributed by atoms with E-state index >= 15 is 0 Å². The van der Waals surface area contributed by atoms with Gasteiger partial charge in [-0.25, -0.2) is 0 Å². The van der Waals surface area contributed by atoms with Crippen LogP contribution in [0, 0.1) is 0 Å². The Morgan fingerprint density at radius 1 is 1.00 bits per heavy atom. The first kappa shape index (κ1) is 23.6. The van der Waals surface area contributed by atoms with Crippen molar-refractivity contribution in [2.45, 2.75) is 26.6 Å². The molecule has 9 nitrogen and oxygen atoms in total. The highest BCUT2D eigenvalue weighted by molar-refractivity contribution is 6.08. The topological polar surface area (TPSA) is 108 Å². The Kier molecular flexibility index (Phi) is 7.47. The summed E-state index contributed by atoms with van der Waals surface area (Å²) in [5, 5.41) is 9.84. The predicted octanol–water partition coefficient (Wildman–Crippen LogP) is 4.27. The summed E-state index contributed by atoms with van der Waals surface area (Å²) in [6.45, 7) is 3.03. The van der Waals surface area contributed by atoms with Crippen LogP contribution in [-0.2, 0) is 19.7 Å². The minimum absolute atomic E-state index is 0.135. The van der Waals surface area contributed by atoms with Gasteiger partial charge in [0, 0.05) is 18.3 Å². The van der Waals surface area contributed by atoms with Gasteiger partial charge in [-0.1, -0.05) is 12.1 Å². The average Bonchev–Trinajstić information content (AvgIpc) is 3.56. The van der Waals surface area contributed by atoms with Crippen LogP contribution >= 0.6 is 0 Å². The number of nitrogens with one attached hydrogen (secondary N) is 2. The number of ether oxygens (including phenoxy) is 2. The average molecular weight is 475 g/mol. The van der Waals surface area contributed by atoms with E-state index in [1.54, 1.807) is 42.3 Å². The van der Waals surface area contributed by atoms with Crippen LogP contribution in [0.1, 0.15) is 39.1 Å². The first-order valence-corrected chi connectivity index (χ1v) is 11.1. The number of carbonyl (C=O) groups excluding carboxylic acids is 2. The third kappa shape index (κ3) is 6.08. The predicted molar refractivity (Wildman–Crippen MR) is 130 cm³/mol. The summed E-state index contributed by atoms with van der Waals surface area (Å²) in [7, 11) is 1.61. The number of hydrogen-bond acceptors (Lipinski definition) is 6. The smallest absolute Gasteiger partial charge is 0.274 e. The zero-order valence-electron chi connectivity index (χ0n) is 19.5. The van der Waals surface area contributed by atoms with Crippen LogP contribution in [-0.4, -0.2) is 28.7 Å². The van der Waals surface area contributed by atoms with E-state index in [2.05, 4.69) is 15.7 Å². The largest absolute Gasteiger partial charge is 0.497 e. The fourth-order valence-electron chi connectivity index (χ4n) is 3.29. The maximum absolute atomic E-state index is 12.8. The van der Waals surface area contributed by atoms with Crippen molar-refractivity contribution in [2.24, 2.45) is 0 Å². The molecule has 2 N–H and O–H groups in total. The summed E-state index contributed by atoms with van der Waals surface area (Å²) < 4.78 is 17.7. The number of aromatic nitrogens is 2. The van der Waals surface area contributed by atoms with Crippen molar-refractivity contribution in [3.8, 4) is 11.5 Å². The van der Waals surface area contributed by atoms with Gasteiger partial charge in [-0.2, -0.15) is 5.10 Å². The molecule has 0 radical (unpaired) electrons. The quantitative estimate of drug-likeness (QED) is 0.356. The molecule has 35 heavy (non-hydrogen) atoms. The highest BCUT2D eigenvalue weighted by Crippen LogP contribution is 2.19. The third-order valence-electron chi connectivity index (χ3n) is 5.23. The third-order valence-corrected chi connectivity index (χ3v) is 5.23. The number of methoxy groups -OCH3 is 1. The maximum atomic E-state index is 12.8. The second-order valence-electron chi connectivity index (χ2n) is 7.62. The zero-order valence-corrected chi connectivity index (χ0v) is 19.5. The molecule has 0 aliphatic carbocycles. The normalized spacial score (nSPS) is 10.6. The molecular formula is C26H26N4O5. The van der Waals surface area contributed by atoms with Gasteiger partial charge in [0.2, 0.25) is 0 Å². The van der Waals surface area contributed by atoms with E-state index in [9.17, 15) is 9.59 Å². The molecule has 0 fully saturated rings. The van der Waals surface area contributed by atoms with Crippen molar-refractivity contribution in [1.29, 1.82) is 0 Å². The van der Waals surface area contributed by atoms with Gasteiger partial charge in [0.05, 0.1) is 25.6 Å². The first-order chi connectivity index (χ1) is 17.1. The van der Waals surface area contributed by atoms with Crippen LogP contribution in [0.15, 0.2) is 77.5 Å². The van der Waals surface area contributed by atoms with Crippen molar-refractivity contribution in [3.63, 3.8) is 0 Å². The lowest BCUT2D eigenvalue weighted by Crippen LogP contribution is -2.25. The molecule has 2 amide bonds. The lowest BCUT2D eigenvalue weighted by molar-refractivity contribution is 0.0943. The van der Waals surface area contributed by atoms with Crippen LogP contribution in [0.2, 0.25) is 0 Å². The van der Waals surface area contributed by atoms with Gasteiger partial charge in [-0.15, -0.1) is 0 Å². The number of rotatable bonds is 10. The number of hydrogen-bond donors (Lipinski definition) is 2. The van der Waals surface area contributed by atoms with Crippen molar-refractivity contribution in [3.05, 3.63) is 95.7 Å². The fourth-order valence-corrected chi connectivity index (χ4v) is 3.29. The molecule has 0 bridgehead atoms. The van der Waals surface area contributed by atoms with Crippen LogP contribution in [0.4, 0.5) is 5.69 Å². The molecule has 4 rings (SSSR count). The summed E-state index contributed by atoms with van der Waals surface area (Å²) in [6.07, 6.45) is 3.17. The molecule has 2 aromatic carbocycles. The van der Waals surface area contributed by atoms with E-state index in [0.29, 0.717) is 30.2 Å².